The molecule has 0 radical (unpaired) electrons. The number of ketones is 1. The van der Waals surface area contributed by atoms with Gasteiger partial charge in [0.25, 0.3) is 0 Å². The molecule has 2 heterocycles. The number of ether oxygens (including phenoxy) is 1. The van der Waals surface area contributed by atoms with Crippen LogP contribution >= 0.6 is 0 Å². The van der Waals surface area contributed by atoms with Crippen LogP contribution in [0.3, 0.4) is 0 Å². The molecule has 5 nitrogen and oxygen atoms in total. The van der Waals surface area contributed by atoms with E-state index in [0.29, 0.717) is 23.1 Å². The molecular formula is C30H31FN2O3. The lowest BCUT2D eigenvalue weighted by Gasteiger charge is -2.32. The van der Waals surface area contributed by atoms with Gasteiger partial charge in [0.1, 0.15) is 11.4 Å². The molecule has 2 aromatic rings. The summed E-state index contributed by atoms with van der Waals surface area (Å²) in [5.74, 6) is -0.722. The standard InChI is InChI=1S/C30H31FN2O3/c31-26-16-20(19-7-9-24-25(15-19)30(36-29(24)35)10-2-1-3-11-30)4-5-21(26)12-18(17-32)13-27(34)28-22-6-8-23(14-22)33-28/h4-5,7,9,15-16,18,22-23,28,33H,1-3,6,8,10-14H2/t18-,22+,23-,28+/m1/s1. The Morgan fingerprint density at radius 2 is 1.92 bits per heavy atom. The Bertz CT molecular complexity index is 1260. The van der Waals surface area contributed by atoms with Crippen LogP contribution in [0.25, 0.3) is 11.1 Å². The molecule has 2 aliphatic heterocycles. The number of carbonyl (C=O) groups excluding carboxylic acids is 2. The molecule has 1 spiro atoms. The summed E-state index contributed by atoms with van der Waals surface area (Å²) in [7, 11) is 0. The summed E-state index contributed by atoms with van der Waals surface area (Å²) >= 11 is 0. The van der Waals surface area contributed by atoms with Crippen molar-refractivity contribution < 1.29 is 18.7 Å². The molecule has 2 bridgehead atoms. The summed E-state index contributed by atoms with van der Waals surface area (Å²) in [6.07, 6.45) is 8.48. The summed E-state index contributed by atoms with van der Waals surface area (Å²) in [4.78, 5) is 25.3. The number of benzene rings is 2. The number of hydrogen-bond acceptors (Lipinski definition) is 5. The Hall–Kier alpha value is -3.04. The maximum atomic E-state index is 15.2. The van der Waals surface area contributed by atoms with Crippen LogP contribution in [0.2, 0.25) is 0 Å². The van der Waals surface area contributed by atoms with E-state index in [0.717, 1.165) is 68.1 Å². The number of halogens is 1. The minimum atomic E-state index is -0.548. The van der Waals surface area contributed by atoms with Crippen LogP contribution in [0.5, 0.6) is 0 Å². The van der Waals surface area contributed by atoms with Crippen molar-refractivity contribution in [2.24, 2.45) is 11.8 Å². The number of rotatable bonds is 6. The smallest absolute Gasteiger partial charge is 0.339 e. The zero-order chi connectivity index (χ0) is 24.9. The number of Topliss-reactive ketones (excluding diaryl/α,β-unsaturated/α-hetero) is 1. The van der Waals surface area contributed by atoms with Gasteiger partial charge in [0.05, 0.1) is 23.6 Å². The second kappa shape index (κ2) is 9.12. The molecule has 3 fully saturated rings. The number of hydrogen-bond donors (Lipinski definition) is 1. The van der Waals surface area contributed by atoms with Crippen molar-refractivity contribution in [3.63, 3.8) is 0 Å². The average Bonchev–Trinajstić information content (AvgIpc) is 3.59. The largest absolute Gasteiger partial charge is 0.451 e. The van der Waals surface area contributed by atoms with Crippen LogP contribution in [0.4, 0.5) is 4.39 Å². The van der Waals surface area contributed by atoms with E-state index in [9.17, 15) is 14.9 Å². The van der Waals surface area contributed by atoms with Crippen molar-refractivity contribution in [1.82, 2.24) is 5.32 Å². The topological polar surface area (TPSA) is 79.2 Å². The lowest BCUT2D eigenvalue weighted by atomic mass is 9.78. The number of nitriles is 1. The van der Waals surface area contributed by atoms with Crippen molar-refractivity contribution in [3.8, 4) is 17.2 Å². The monoisotopic (exact) mass is 486 g/mol. The third-order valence-corrected chi connectivity index (χ3v) is 8.87. The third-order valence-electron chi connectivity index (χ3n) is 8.87. The van der Waals surface area contributed by atoms with Gasteiger partial charge in [-0.1, -0.05) is 24.6 Å². The molecule has 1 N–H and O–H groups in total. The fourth-order valence-corrected chi connectivity index (χ4v) is 6.97. The number of nitrogens with one attached hydrogen (secondary N) is 1. The summed E-state index contributed by atoms with van der Waals surface area (Å²) < 4.78 is 21.1. The summed E-state index contributed by atoms with van der Waals surface area (Å²) in [6, 6.07) is 13.2. The SMILES string of the molecule is N#C[C@@H](CC(=O)[C@H]1N[C@@H]2CC[C@H]1C2)Cc1ccc(-c2ccc3c(c2)C2(CCCCC2)OC3=O)cc1F. The molecule has 6 rings (SSSR count). The van der Waals surface area contributed by atoms with Crippen LogP contribution in [0, 0.1) is 29.0 Å². The van der Waals surface area contributed by atoms with Gasteiger partial charge in [0.15, 0.2) is 5.78 Å². The van der Waals surface area contributed by atoms with Crippen LogP contribution in [0.15, 0.2) is 36.4 Å². The predicted molar refractivity (Wildman–Crippen MR) is 132 cm³/mol. The Balaban J connectivity index is 1.19. The van der Waals surface area contributed by atoms with Crippen LogP contribution in [-0.2, 0) is 21.6 Å². The highest BCUT2D eigenvalue weighted by atomic mass is 19.1. The first kappa shape index (κ1) is 23.4. The molecule has 4 aliphatic rings. The van der Waals surface area contributed by atoms with E-state index in [1.807, 2.05) is 18.2 Å². The van der Waals surface area contributed by atoms with Crippen molar-refractivity contribution in [2.45, 2.75) is 81.9 Å². The van der Waals surface area contributed by atoms with Gasteiger partial charge in [-0.05, 0) is 92.2 Å². The second-order valence-electron chi connectivity index (χ2n) is 11.1. The molecule has 2 aromatic carbocycles. The van der Waals surface area contributed by atoms with Gasteiger partial charge in [-0.2, -0.15) is 5.26 Å². The number of piperidine rings is 1. The van der Waals surface area contributed by atoms with Gasteiger partial charge in [0.2, 0.25) is 0 Å². The van der Waals surface area contributed by atoms with E-state index in [4.69, 9.17) is 4.74 Å². The highest BCUT2D eigenvalue weighted by Crippen LogP contribution is 2.47. The second-order valence-corrected chi connectivity index (χ2v) is 11.1. The molecule has 0 aromatic heterocycles. The third kappa shape index (κ3) is 4.04. The van der Waals surface area contributed by atoms with E-state index in [2.05, 4.69) is 11.4 Å². The van der Waals surface area contributed by atoms with Crippen molar-refractivity contribution in [2.75, 3.05) is 0 Å². The summed E-state index contributed by atoms with van der Waals surface area (Å²) in [6.45, 7) is 0. The highest BCUT2D eigenvalue weighted by molar-refractivity contribution is 5.95. The molecule has 36 heavy (non-hydrogen) atoms. The zero-order valence-electron chi connectivity index (χ0n) is 20.4. The van der Waals surface area contributed by atoms with Gasteiger partial charge >= 0.3 is 5.97 Å². The van der Waals surface area contributed by atoms with E-state index in [1.54, 1.807) is 12.1 Å². The number of fused-ring (bicyclic) bond motifs is 4. The van der Waals surface area contributed by atoms with Gasteiger partial charge in [-0.15, -0.1) is 0 Å². The number of carbonyl (C=O) groups is 2. The van der Waals surface area contributed by atoms with E-state index >= 15 is 4.39 Å². The molecular weight excluding hydrogens is 455 g/mol. The van der Waals surface area contributed by atoms with Crippen LogP contribution in [0.1, 0.15) is 79.3 Å². The Morgan fingerprint density at radius 1 is 1.14 bits per heavy atom. The summed E-state index contributed by atoms with van der Waals surface area (Å²) in [5.41, 5.74) is 3.01. The summed E-state index contributed by atoms with van der Waals surface area (Å²) in [5, 5.41) is 13.1. The number of esters is 1. The van der Waals surface area contributed by atoms with E-state index in [1.165, 1.54) is 6.07 Å². The lowest BCUT2D eigenvalue weighted by Crippen LogP contribution is -2.42. The van der Waals surface area contributed by atoms with E-state index in [-0.39, 0.29) is 36.5 Å². The fraction of sp³-hybridized carbons (Fsp3) is 0.500. The van der Waals surface area contributed by atoms with Crippen molar-refractivity contribution in [1.29, 1.82) is 5.26 Å². The predicted octanol–water partition coefficient (Wildman–Crippen LogP) is 5.60. The number of nitrogens with zero attached hydrogens (tertiary/aromatic N) is 1. The fourth-order valence-electron chi connectivity index (χ4n) is 6.97. The molecule has 2 aliphatic carbocycles. The Kier molecular flexibility index (Phi) is 5.92. The first-order valence-electron chi connectivity index (χ1n) is 13.3. The minimum absolute atomic E-state index is 0.0809. The van der Waals surface area contributed by atoms with Gasteiger partial charge in [-0.3, -0.25) is 4.79 Å². The van der Waals surface area contributed by atoms with Crippen LogP contribution in [-0.4, -0.2) is 23.8 Å². The zero-order valence-corrected chi connectivity index (χ0v) is 20.4. The van der Waals surface area contributed by atoms with E-state index < -0.39 is 11.5 Å². The van der Waals surface area contributed by atoms with Crippen molar-refractivity contribution in [3.05, 3.63) is 58.9 Å². The van der Waals surface area contributed by atoms with Crippen molar-refractivity contribution >= 4 is 11.8 Å². The molecule has 0 unspecified atom stereocenters. The van der Waals surface area contributed by atoms with Crippen LogP contribution < -0.4 is 5.32 Å². The molecule has 0 amide bonds. The molecule has 6 heteroatoms. The average molecular weight is 487 g/mol. The van der Waals surface area contributed by atoms with Gasteiger partial charge < -0.3 is 10.1 Å². The molecule has 186 valence electrons. The van der Waals surface area contributed by atoms with Gasteiger partial charge in [0, 0.05) is 18.0 Å². The molecule has 2 saturated carbocycles. The lowest BCUT2D eigenvalue weighted by molar-refractivity contribution is -0.122. The maximum absolute atomic E-state index is 15.2. The normalized spacial score (nSPS) is 26.4. The first-order chi connectivity index (χ1) is 17.5. The minimum Gasteiger partial charge on any atom is -0.451 e. The van der Waals surface area contributed by atoms with Gasteiger partial charge in [-0.25, -0.2) is 9.18 Å². The molecule has 4 atom stereocenters. The Labute approximate surface area is 211 Å². The highest BCUT2D eigenvalue weighted by Gasteiger charge is 2.46. The first-order valence-corrected chi connectivity index (χ1v) is 13.3. The molecule has 1 saturated heterocycles. The maximum Gasteiger partial charge on any atom is 0.339 e. The Morgan fingerprint density at radius 3 is 2.61 bits per heavy atom. The quantitative estimate of drug-likeness (QED) is 0.538.